The lowest BCUT2D eigenvalue weighted by Gasteiger charge is -2.07. The first-order valence-corrected chi connectivity index (χ1v) is 4.85. The van der Waals surface area contributed by atoms with Crippen molar-refractivity contribution in [3.63, 3.8) is 0 Å². The van der Waals surface area contributed by atoms with Gasteiger partial charge >= 0.3 is 0 Å². The van der Waals surface area contributed by atoms with Crippen LogP contribution in [0.15, 0.2) is 6.07 Å². The zero-order chi connectivity index (χ0) is 10.7. The molecule has 1 heterocycles. The number of pyridine rings is 1. The molecule has 0 atom stereocenters. The molecule has 0 aromatic carbocycles. The number of halogens is 4. The van der Waals surface area contributed by atoms with E-state index >= 15 is 0 Å². The van der Waals surface area contributed by atoms with Crippen LogP contribution in [0.2, 0.25) is 0 Å². The lowest BCUT2D eigenvalue weighted by atomic mass is 10.2. The molecule has 0 fully saturated rings. The van der Waals surface area contributed by atoms with E-state index in [-0.39, 0.29) is 16.6 Å². The van der Waals surface area contributed by atoms with E-state index in [1.807, 2.05) is 0 Å². The van der Waals surface area contributed by atoms with Gasteiger partial charge in [-0.25, -0.2) is 18.2 Å². The third kappa shape index (κ3) is 2.24. The fourth-order valence-electron chi connectivity index (χ4n) is 0.993. The highest BCUT2D eigenvalue weighted by Gasteiger charge is 2.19. The number of alkyl halides is 3. The van der Waals surface area contributed by atoms with Gasteiger partial charge in [0.15, 0.2) is 5.82 Å². The van der Waals surface area contributed by atoms with Crippen LogP contribution in [0.4, 0.5) is 13.2 Å². The topological polar surface area (TPSA) is 33.1 Å². The smallest absolute Gasteiger partial charge is 0.283 e. The Balaban J connectivity index is 3.27. The summed E-state index contributed by atoms with van der Waals surface area (Å²) in [4.78, 5) is 3.42. The van der Waals surface area contributed by atoms with Crippen molar-refractivity contribution in [3.05, 3.63) is 28.8 Å². The van der Waals surface area contributed by atoms with Crippen LogP contribution in [-0.4, -0.2) is 10.1 Å². The molecule has 0 saturated carbocycles. The second kappa shape index (κ2) is 4.75. The van der Waals surface area contributed by atoms with Gasteiger partial charge in [0.1, 0.15) is 5.69 Å². The van der Waals surface area contributed by atoms with Crippen molar-refractivity contribution in [2.24, 2.45) is 0 Å². The number of hydrogen-bond donors (Lipinski definition) is 1. The molecule has 0 saturated heterocycles. The molecular formula is C8H7BrF3NO. The number of rotatable bonds is 3. The molecule has 0 bridgehead atoms. The standard InChI is InChI=1S/C8H7BrF3NO/c9-2-5-1-4(3-14)6(10)7(13-5)8(11)12/h1,8,14H,2-3H2. The SMILES string of the molecule is OCc1cc(CBr)nc(C(F)F)c1F. The molecule has 0 aliphatic rings. The number of hydrogen-bond acceptors (Lipinski definition) is 2. The average Bonchev–Trinajstić information content (AvgIpc) is 2.17. The van der Waals surface area contributed by atoms with E-state index in [1.54, 1.807) is 0 Å². The molecule has 0 unspecified atom stereocenters. The Bertz CT molecular complexity index is 333. The molecule has 14 heavy (non-hydrogen) atoms. The van der Waals surface area contributed by atoms with Gasteiger partial charge in [-0.05, 0) is 6.07 Å². The molecule has 1 N–H and O–H groups in total. The summed E-state index contributed by atoms with van der Waals surface area (Å²) in [6.45, 7) is -0.617. The van der Waals surface area contributed by atoms with Crippen LogP contribution in [-0.2, 0) is 11.9 Å². The lowest BCUT2D eigenvalue weighted by molar-refractivity contribution is 0.139. The van der Waals surface area contributed by atoms with Crippen molar-refractivity contribution in [2.45, 2.75) is 18.4 Å². The van der Waals surface area contributed by atoms with E-state index in [0.29, 0.717) is 0 Å². The normalized spacial score (nSPS) is 11.0. The van der Waals surface area contributed by atoms with E-state index in [2.05, 4.69) is 20.9 Å². The summed E-state index contributed by atoms with van der Waals surface area (Å²) in [5.41, 5.74) is -0.804. The second-order valence-electron chi connectivity index (χ2n) is 2.56. The Morgan fingerprint density at radius 1 is 1.50 bits per heavy atom. The Hall–Kier alpha value is -0.620. The van der Waals surface area contributed by atoms with E-state index in [9.17, 15) is 13.2 Å². The zero-order valence-corrected chi connectivity index (χ0v) is 8.56. The first-order valence-electron chi connectivity index (χ1n) is 3.73. The van der Waals surface area contributed by atoms with Crippen LogP contribution in [0.1, 0.15) is 23.4 Å². The average molecular weight is 270 g/mol. The molecule has 6 heteroatoms. The highest BCUT2D eigenvalue weighted by atomic mass is 79.9. The minimum Gasteiger partial charge on any atom is -0.392 e. The van der Waals surface area contributed by atoms with Gasteiger partial charge in [0.25, 0.3) is 6.43 Å². The first-order chi connectivity index (χ1) is 6.60. The van der Waals surface area contributed by atoms with Crippen molar-refractivity contribution >= 4 is 15.9 Å². The van der Waals surface area contributed by atoms with Gasteiger partial charge in [-0.1, -0.05) is 15.9 Å². The molecule has 78 valence electrons. The number of nitrogens with zero attached hydrogens (tertiary/aromatic N) is 1. The molecule has 2 nitrogen and oxygen atoms in total. The lowest BCUT2D eigenvalue weighted by Crippen LogP contribution is -2.04. The van der Waals surface area contributed by atoms with Crippen molar-refractivity contribution in [1.82, 2.24) is 4.98 Å². The third-order valence-corrected chi connectivity index (χ3v) is 2.20. The summed E-state index contributed by atoms with van der Waals surface area (Å²) in [5, 5.41) is 8.95. The fourth-order valence-corrected chi connectivity index (χ4v) is 1.28. The summed E-state index contributed by atoms with van der Waals surface area (Å²) in [7, 11) is 0. The first kappa shape index (κ1) is 11.5. The quantitative estimate of drug-likeness (QED) is 0.856. The number of aliphatic hydroxyl groups excluding tert-OH is 1. The van der Waals surface area contributed by atoms with Gasteiger partial charge < -0.3 is 5.11 Å². The molecular weight excluding hydrogens is 263 g/mol. The highest BCUT2D eigenvalue weighted by Crippen LogP contribution is 2.23. The summed E-state index contributed by atoms with van der Waals surface area (Å²) in [5.74, 6) is -1.13. The maximum atomic E-state index is 13.1. The van der Waals surface area contributed by atoms with E-state index in [1.165, 1.54) is 6.07 Å². The Morgan fingerprint density at radius 3 is 2.57 bits per heavy atom. The molecule has 1 aromatic rings. The minimum atomic E-state index is -2.97. The third-order valence-electron chi connectivity index (χ3n) is 1.63. The van der Waals surface area contributed by atoms with Gasteiger partial charge in [0, 0.05) is 10.9 Å². The fraction of sp³-hybridized carbons (Fsp3) is 0.375. The van der Waals surface area contributed by atoms with Gasteiger partial charge in [0.05, 0.1) is 12.3 Å². The number of aliphatic hydroxyl groups is 1. The van der Waals surface area contributed by atoms with Gasteiger partial charge in [-0.2, -0.15) is 0 Å². The molecule has 1 rings (SSSR count). The van der Waals surface area contributed by atoms with Crippen LogP contribution >= 0.6 is 15.9 Å². The maximum absolute atomic E-state index is 13.1. The minimum absolute atomic E-state index is 0.162. The summed E-state index contributed by atoms with van der Waals surface area (Å²) in [6.07, 6.45) is -2.97. The van der Waals surface area contributed by atoms with Crippen molar-refractivity contribution in [2.75, 3.05) is 0 Å². The van der Waals surface area contributed by atoms with Crippen LogP contribution in [0.3, 0.4) is 0 Å². The van der Waals surface area contributed by atoms with Crippen molar-refractivity contribution in [1.29, 1.82) is 0 Å². The van der Waals surface area contributed by atoms with E-state index < -0.39 is 24.5 Å². The molecule has 0 spiro atoms. The van der Waals surface area contributed by atoms with Crippen LogP contribution in [0, 0.1) is 5.82 Å². The van der Waals surface area contributed by atoms with Crippen LogP contribution in [0.25, 0.3) is 0 Å². The molecule has 0 aliphatic heterocycles. The maximum Gasteiger partial charge on any atom is 0.283 e. The van der Waals surface area contributed by atoms with Crippen molar-refractivity contribution < 1.29 is 18.3 Å². The second-order valence-corrected chi connectivity index (χ2v) is 3.13. The molecule has 0 aliphatic carbocycles. The van der Waals surface area contributed by atoms with Crippen LogP contribution in [0.5, 0.6) is 0 Å². The Labute approximate surface area is 86.9 Å². The molecule has 0 radical (unpaired) electrons. The van der Waals surface area contributed by atoms with Crippen molar-refractivity contribution in [3.8, 4) is 0 Å². The van der Waals surface area contributed by atoms with Gasteiger partial charge in [0.2, 0.25) is 0 Å². The molecule has 0 amide bonds. The van der Waals surface area contributed by atoms with E-state index in [4.69, 9.17) is 5.11 Å². The number of aromatic nitrogens is 1. The summed E-state index contributed by atoms with van der Waals surface area (Å²) >= 11 is 3.02. The summed E-state index contributed by atoms with van der Waals surface area (Å²) in [6, 6.07) is 1.25. The largest absolute Gasteiger partial charge is 0.392 e. The summed E-state index contributed by atoms with van der Waals surface area (Å²) < 4.78 is 37.6. The monoisotopic (exact) mass is 269 g/mol. The predicted octanol–water partition coefficient (Wildman–Crippen LogP) is 2.55. The van der Waals surface area contributed by atoms with Crippen LogP contribution < -0.4 is 0 Å². The van der Waals surface area contributed by atoms with Gasteiger partial charge in [-0.15, -0.1) is 0 Å². The zero-order valence-electron chi connectivity index (χ0n) is 6.98. The highest BCUT2D eigenvalue weighted by molar-refractivity contribution is 9.08. The predicted molar refractivity (Wildman–Crippen MR) is 47.7 cm³/mol. The Kier molecular flexibility index (Phi) is 3.88. The molecule has 1 aromatic heterocycles. The van der Waals surface area contributed by atoms with E-state index in [0.717, 1.165) is 0 Å². The Morgan fingerprint density at radius 2 is 2.14 bits per heavy atom. The van der Waals surface area contributed by atoms with Gasteiger partial charge in [-0.3, -0.25) is 0 Å².